The van der Waals surface area contributed by atoms with Gasteiger partial charge in [0.15, 0.2) is 0 Å². The van der Waals surface area contributed by atoms with Gasteiger partial charge in [-0.05, 0) is 25.1 Å². The Morgan fingerprint density at radius 1 is 1.50 bits per heavy atom. The number of hydrogen-bond acceptors (Lipinski definition) is 3. The second-order valence-corrected chi connectivity index (χ2v) is 2.84. The third kappa shape index (κ3) is 1.46. The van der Waals surface area contributed by atoms with Gasteiger partial charge in [-0.1, -0.05) is 0 Å². The Balaban J connectivity index is 2.38. The Labute approximate surface area is 81.1 Å². The summed E-state index contributed by atoms with van der Waals surface area (Å²) in [4.78, 5) is 11.3. The fourth-order valence-corrected chi connectivity index (χ4v) is 1.25. The van der Waals surface area contributed by atoms with Gasteiger partial charge >= 0.3 is 5.97 Å². The Hall–Kier alpha value is -1.84. The van der Waals surface area contributed by atoms with Gasteiger partial charge in [0.2, 0.25) is 0 Å². The highest BCUT2D eigenvalue weighted by molar-refractivity contribution is 5.89. The van der Waals surface area contributed by atoms with Crippen LogP contribution in [-0.4, -0.2) is 22.2 Å². The van der Waals surface area contributed by atoms with Crippen LogP contribution in [0.5, 0.6) is 0 Å². The minimum atomic E-state index is -0.315. The third-order valence-corrected chi connectivity index (χ3v) is 1.91. The molecule has 2 heterocycles. The molecule has 0 radical (unpaired) electrons. The summed E-state index contributed by atoms with van der Waals surface area (Å²) in [6.07, 6.45) is 3.34. The monoisotopic (exact) mass is 190 g/mol. The van der Waals surface area contributed by atoms with Gasteiger partial charge in [-0.15, -0.1) is 0 Å². The number of ether oxygens (including phenoxy) is 1. The molecule has 0 unspecified atom stereocenters. The van der Waals surface area contributed by atoms with E-state index in [1.165, 1.54) is 0 Å². The molecule has 0 aliphatic carbocycles. The number of aromatic nitrogens is 2. The number of rotatable bonds is 2. The molecular formula is C10H10N2O2. The number of carbonyl (C=O) groups excluding carboxylic acids is 1. The van der Waals surface area contributed by atoms with E-state index in [1.54, 1.807) is 29.9 Å². The smallest absolute Gasteiger partial charge is 0.339 e. The standard InChI is InChI=1S/C10H10N2O2/c1-2-14-10(13)8-3-4-9-5-6-11-12(9)7-8/h3-7H,2H2,1H3. The zero-order valence-electron chi connectivity index (χ0n) is 7.80. The number of fused-ring (bicyclic) bond motifs is 1. The van der Waals surface area contributed by atoms with Gasteiger partial charge in [0.1, 0.15) is 0 Å². The summed E-state index contributed by atoms with van der Waals surface area (Å²) in [5.74, 6) is -0.315. The van der Waals surface area contributed by atoms with Gasteiger partial charge in [-0.2, -0.15) is 5.10 Å². The average Bonchev–Trinajstić information content (AvgIpc) is 2.64. The summed E-state index contributed by atoms with van der Waals surface area (Å²) < 4.78 is 6.52. The van der Waals surface area contributed by atoms with E-state index in [2.05, 4.69) is 5.10 Å². The molecule has 0 fully saturated rings. The van der Waals surface area contributed by atoms with Crippen LogP contribution in [-0.2, 0) is 4.74 Å². The third-order valence-electron chi connectivity index (χ3n) is 1.91. The van der Waals surface area contributed by atoms with E-state index >= 15 is 0 Å². The minimum absolute atomic E-state index is 0.315. The molecule has 0 amide bonds. The van der Waals surface area contributed by atoms with Crippen LogP contribution in [0.1, 0.15) is 17.3 Å². The van der Waals surface area contributed by atoms with Crippen LogP contribution in [0, 0.1) is 0 Å². The lowest BCUT2D eigenvalue weighted by Crippen LogP contribution is -2.05. The number of hydrogen-bond donors (Lipinski definition) is 0. The number of carbonyl (C=O) groups is 1. The first-order valence-corrected chi connectivity index (χ1v) is 4.42. The lowest BCUT2D eigenvalue weighted by atomic mass is 10.3. The van der Waals surface area contributed by atoms with Crippen molar-refractivity contribution in [3.8, 4) is 0 Å². The first-order valence-electron chi connectivity index (χ1n) is 4.42. The number of nitrogens with zero attached hydrogens (tertiary/aromatic N) is 2. The number of pyridine rings is 1. The molecule has 0 aromatic carbocycles. The fraction of sp³-hybridized carbons (Fsp3) is 0.200. The Morgan fingerprint density at radius 2 is 2.36 bits per heavy atom. The first-order chi connectivity index (χ1) is 6.81. The van der Waals surface area contributed by atoms with Gasteiger partial charge in [0, 0.05) is 12.4 Å². The summed E-state index contributed by atoms with van der Waals surface area (Å²) in [5.41, 5.74) is 1.47. The predicted molar refractivity (Wildman–Crippen MR) is 51.1 cm³/mol. The summed E-state index contributed by atoms with van der Waals surface area (Å²) in [5, 5.41) is 4.03. The van der Waals surface area contributed by atoms with E-state index < -0.39 is 0 Å². The molecule has 2 aromatic rings. The van der Waals surface area contributed by atoms with Crippen LogP contribution in [0.25, 0.3) is 5.52 Å². The molecule has 4 heteroatoms. The van der Waals surface area contributed by atoms with Crippen molar-refractivity contribution in [3.05, 3.63) is 36.2 Å². The molecule has 0 spiro atoms. The van der Waals surface area contributed by atoms with Crippen LogP contribution in [0.2, 0.25) is 0 Å². The van der Waals surface area contributed by atoms with E-state index in [1.807, 2.05) is 12.1 Å². The van der Waals surface area contributed by atoms with Crippen LogP contribution >= 0.6 is 0 Å². The molecule has 2 aromatic heterocycles. The average molecular weight is 190 g/mol. The number of esters is 1. The predicted octanol–water partition coefficient (Wildman–Crippen LogP) is 1.51. The lowest BCUT2D eigenvalue weighted by molar-refractivity contribution is 0.0525. The molecule has 0 saturated carbocycles. The highest BCUT2D eigenvalue weighted by Gasteiger charge is 2.06. The summed E-state index contributed by atoms with van der Waals surface area (Å²) in [7, 11) is 0. The summed E-state index contributed by atoms with van der Waals surface area (Å²) >= 11 is 0. The SMILES string of the molecule is CCOC(=O)c1ccc2ccnn2c1. The van der Waals surface area contributed by atoms with Crippen molar-refractivity contribution in [3.63, 3.8) is 0 Å². The Morgan fingerprint density at radius 3 is 3.14 bits per heavy atom. The maximum atomic E-state index is 11.3. The molecule has 14 heavy (non-hydrogen) atoms. The fourth-order valence-electron chi connectivity index (χ4n) is 1.25. The van der Waals surface area contributed by atoms with Crippen molar-refractivity contribution in [2.45, 2.75) is 6.92 Å². The molecular weight excluding hydrogens is 180 g/mol. The van der Waals surface area contributed by atoms with Crippen LogP contribution < -0.4 is 0 Å². The van der Waals surface area contributed by atoms with Crippen LogP contribution in [0.4, 0.5) is 0 Å². The van der Waals surface area contributed by atoms with Gasteiger partial charge < -0.3 is 4.74 Å². The van der Waals surface area contributed by atoms with Crippen molar-refractivity contribution in [2.24, 2.45) is 0 Å². The van der Waals surface area contributed by atoms with Crippen molar-refractivity contribution in [2.75, 3.05) is 6.61 Å². The molecule has 0 bridgehead atoms. The van der Waals surface area contributed by atoms with Crippen molar-refractivity contribution >= 4 is 11.5 Å². The molecule has 0 saturated heterocycles. The van der Waals surface area contributed by atoms with Crippen LogP contribution in [0.3, 0.4) is 0 Å². The van der Waals surface area contributed by atoms with Crippen molar-refractivity contribution in [1.29, 1.82) is 0 Å². The molecule has 0 aliphatic heterocycles. The molecule has 0 N–H and O–H groups in total. The quantitative estimate of drug-likeness (QED) is 0.674. The zero-order valence-corrected chi connectivity index (χ0v) is 7.80. The zero-order chi connectivity index (χ0) is 9.97. The highest BCUT2D eigenvalue weighted by Crippen LogP contribution is 2.06. The molecule has 4 nitrogen and oxygen atoms in total. The molecule has 2 rings (SSSR count). The van der Waals surface area contributed by atoms with E-state index in [4.69, 9.17) is 4.74 Å². The molecule has 0 aliphatic rings. The normalized spacial score (nSPS) is 10.4. The lowest BCUT2D eigenvalue weighted by Gasteiger charge is -2.01. The maximum absolute atomic E-state index is 11.3. The largest absolute Gasteiger partial charge is 0.462 e. The van der Waals surface area contributed by atoms with Gasteiger partial charge in [0.05, 0.1) is 17.7 Å². The van der Waals surface area contributed by atoms with Gasteiger partial charge in [0.25, 0.3) is 0 Å². The minimum Gasteiger partial charge on any atom is -0.462 e. The van der Waals surface area contributed by atoms with Crippen molar-refractivity contribution < 1.29 is 9.53 Å². The van der Waals surface area contributed by atoms with E-state index in [0.29, 0.717) is 12.2 Å². The maximum Gasteiger partial charge on any atom is 0.339 e. The van der Waals surface area contributed by atoms with Crippen molar-refractivity contribution in [1.82, 2.24) is 9.61 Å². The van der Waals surface area contributed by atoms with E-state index in [0.717, 1.165) is 5.52 Å². The summed E-state index contributed by atoms with van der Waals surface area (Å²) in [6, 6.07) is 5.43. The topological polar surface area (TPSA) is 43.6 Å². The summed E-state index contributed by atoms with van der Waals surface area (Å²) in [6.45, 7) is 2.17. The second-order valence-electron chi connectivity index (χ2n) is 2.84. The van der Waals surface area contributed by atoms with Crippen LogP contribution in [0.15, 0.2) is 30.6 Å². The highest BCUT2D eigenvalue weighted by atomic mass is 16.5. The van der Waals surface area contributed by atoms with Gasteiger partial charge in [-0.25, -0.2) is 9.31 Å². The Bertz CT molecular complexity index is 462. The van der Waals surface area contributed by atoms with Gasteiger partial charge in [-0.3, -0.25) is 0 Å². The van der Waals surface area contributed by atoms with E-state index in [9.17, 15) is 4.79 Å². The Kier molecular flexibility index (Phi) is 2.18. The van der Waals surface area contributed by atoms with E-state index in [-0.39, 0.29) is 5.97 Å². The molecule has 72 valence electrons. The first kappa shape index (κ1) is 8.74. The molecule has 0 atom stereocenters. The second kappa shape index (κ2) is 3.49.